The van der Waals surface area contributed by atoms with Gasteiger partial charge in [0.15, 0.2) is 0 Å². The van der Waals surface area contributed by atoms with E-state index >= 15 is 0 Å². The number of nitrogens with zero attached hydrogens (tertiary/aromatic N) is 2. The first kappa shape index (κ1) is 12.6. The minimum Gasteiger partial charge on any atom is -0.335 e. The summed E-state index contributed by atoms with van der Waals surface area (Å²) in [6, 6.07) is 3.85. The Morgan fingerprint density at radius 3 is 3.00 bits per heavy atom. The summed E-state index contributed by atoms with van der Waals surface area (Å²) >= 11 is 0. The molecule has 0 saturated carbocycles. The summed E-state index contributed by atoms with van der Waals surface area (Å²) < 4.78 is 0. The van der Waals surface area contributed by atoms with Gasteiger partial charge in [-0.05, 0) is 31.9 Å². The predicted molar refractivity (Wildman–Crippen MR) is 69.9 cm³/mol. The van der Waals surface area contributed by atoms with Crippen molar-refractivity contribution in [2.45, 2.75) is 25.8 Å². The highest BCUT2D eigenvalue weighted by molar-refractivity contribution is 5.92. The molecular formula is C14H17N3O. The average Bonchev–Trinajstić information content (AvgIpc) is 2.82. The standard InChI is InChI=1S/C14H17N3O/c1-11-4-3-9-17(11)14(18)13-7-6-12(10-16-13)5-2-8-15/h6-7,10-11H,3-4,8-9,15H2,1H3. The minimum atomic E-state index is 0.0123. The van der Waals surface area contributed by atoms with Crippen molar-refractivity contribution in [3.63, 3.8) is 0 Å². The molecule has 0 aliphatic carbocycles. The van der Waals surface area contributed by atoms with Gasteiger partial charge in [0.2, 0.25) is 0 Å². The van der Waals surface area contributed by atoms with Gasteiger partial charge in [-0.2, -0.15) is 0 Å². The van der Waals surface area contributed by atoms with E-state index in [0.717, 1.165) is 24.9 Å². The largest absolute Gasteiger partial charge is 0.335 e. The van der Waals surface area contributed by atoms with E-state index in [-0.39, 0.29) is 5.91 Å². The molecule has 4 nitrogen and oxygen atoms in total. The van der Waals surface area contributed by atoms with Crippen molar-refractivity contribution in [3.05, 3.63) is 29.6 Å². The number of rotatable bonds is 1. The molecule has 1 atom stereocenters. The zero-order chi connectivity index (χ0) is 13.0. The maximum Gasteiger partial charge on any atom is 0.272 e. The fourth-order valence-corrected chi connectivity index (χ4v) is 2.13. The van der Waals surface area contributed by atoms with Gasteiger partial charge >= 0.3 is 0 Å². The quantitative estimate of drug-likeness (QED) is 0.749. The van der Waals surface area contributed by atoms with E-state index < -0.39 is 0 Å². The SMILES string of the molecule is CC1CCCN1C(=O)c1ccc(C#CCN)cn1. The second-order valence-corrected chi connectivity index (χ2v) is 4.43. The van der Waals surface area contributed by atoms with Gasteiger partial charge in [0, 0.05) is 24.3 Å². The number of pyridine rings is 1. The lowest BCUT2D eigenvalue weighted by molar-refractivity contribution is 0.0741. The molecule has 1 aliphatic heterocycles. The maximum absolute atomic E-state index is 12.2. The summed E-state index contributed by atoms with van der Waals surface area (Å²) in [5.41, 5.74) is 6.57. The van der Waals surface area contributed by atoms with Crippen molar-refractivity contribution >= 4 is 5.91 Å². The number of hydrogen-bond acceptors (Lipinski definition) is 3. The molecule has 1 saturated heterocycles. The van der Waals surface area contributed by atoms with Crippen molar-refractivity contribution in [1.29, 1.82) is 0 Å². The first-order valence-electron chi connectivity index (χ1n) is 6.18. The second-order valence-electron chi connectivity index (χ2n) is 4.43. The van der Waals surface area contributed by atoms with Crippen LogP contribution in [0.2, 0.25) is 0 Å². The van der Waals surface area contributed by atoms with Crippen LogP contribution in [0.3, 0.4) is 0 Å². The topological polar surface area (TPSA) is 59.2 Å². The molecule has 4 heteroatoms. The zero-order valence-corrected chi connectivity index (χ0v) is 10.5. The third-order valence-corrected chi connectivity index (χ3v) is 3.13. The lowest BCUT2D eigenvalue weighted by Crippen LogP contribution is -2.34. The molecule has 0 spiro atoms. The molecule has 2 rings (SSSR count). The Labute approximate surface area is 107 Å². The van der Waals surface area contributed by atoms with Gasteiger partial charge in [-0.15, -0.1) is 0 Å². The molecule has 1 aromatic rings. The fraction of sp³-hybridized carbons (Fsp3) is 0.429. The number of carbonyl (C=O) groups is 1. The number of hydrogen-bond donors (Lipinski definition) is 1. The van der Waals surface area contributed by atoms with Crippen LogP contribution in [-0.2, 0) is 0 Å². The number of amides is 1. The van der Waals surface area contributed by atoms with Gasteiger partial charge in [0.25, 0.3) is 5.91 Å². The summed E-state index contributed by atoms with van der Waals surface area (Å²) in [6.07, 6.45) is 3.77. The van der Waals surface area contributed by atoms with Crippen LogP contribution in [0.5, 0.6) is 0 Å². The molecule has 0 radical (unpaired) electrons. The van der Waals surface area contributed by atoms with Gasteiger partial charge in [0.05, 0.1) is 6.54 Å². The van der Waals surface area contributed by atoms with Crippen LogP contribution in [0.1, 0.15) is 35.8 Å². The van der Waals surface area contributed by atoms with E-state index in [1.807, 2.05) is 11.0 Å². The van der Waals surface area contributed by atoms with Gasteiger partial charge in [0.1, 0.15) is 5.69 Å². The summed E-state index contributed by atoms with van der Waals surface area (Å²) in [5.74, 6) is 5.66. The molecule has 2 heterocycles. The second kappa shape index (κ2) is 5.65. The Morgan fingerprint density at radius 1 is 1.61 bits per heavy atom. The van der Waals surface area contributed by atoms with Gasteiger partial charge < -0.3 is 10.6 Å². The predicted octanol–water partition coefficient (Wildman–Crippen LogP) is 1.02. The van der Waals surface area contributed by atoms with Gasteiger partial charge in [-0.25, -0.2) is 4.98 Å². The Bertz CT molecular complexity index is 484. The van der Waals surface area contributed by atoms with Crippen LogP contribution < -0.4 is 5.73 Å². The van der Waals surface area contributed by atoms with Crippen molar-refractivity contribution in [2.24, 2.45) is 5.73 Å². The summed E-state index contributed by atoms with van der Waals surface area (Å²) in [6.45, 7) is 3.23. The number of likely N-dealkylation sites (tertiary alicyclic amines) is 1. The summed E-state index contributed by atoms with van der Waals surface area (Å²) in [7, 11) is 0. The highest BCUT2D eigenvalue weighted by atomic mass is 16.2. The first-order chi connectivity index (χ1) is 8.72. The highest BCUT2D eigenvalue weighted by Gasteiger charge is 2.26. The van der Waals surface area contributed by atoms with Crippen LogP contribution in [0, 0.1) is 11.8 Å². The summed E-state index contributed by atoms with van der Waals surface area (Å²) in [5, 5.41) is 0. The Kier molecular flexibility index (Phi) is 3.96. The van der Waals surface area contributed by atoms with Crippen molar-refractivity contribution in [2.75, 3.05) is 13.1 Å². The van der Waals surface area contributed by atoms with Crippen molar-refractivity contribution in [3.8, 4) is 11.8 Å². The third kappa shape index (κ3) is 2.69. The lowest BCUT2D eigenvalue weighted by atomic mass is 10.2. The zero-order valence-electron chi connectivity index (χ0n) is 10.5. The normalized spacial score (nSPS) is 18.3. The molecule has 1 aromatic heterocycles. The van der Waals surface area contributed by atoms with Crippen molar-refractivity contribution in [1.82, 2.24) is 9.88 Å². The number of nitrogens with two attached hydrogens (primary N) is 1. The molecule has 2 N–H and O–H groups in total. The van der Waals surface area contributed by atoms with Crippen LogP contribution in [0.15, 0.2) is 18.3 Å². The van der Waals surface area contributed by atoms with E-state index in [0.29, 0.717) is 18.3 Å². The highest BCUT2D eigenvalue weighted by Crippen LogP contribution is 2.18. The lowest BCUT2D eigenvalue weighted by Gasteiger charge is -2.20. The fourth-order valence-electron chi connectivity index (χ4n) is 2.13. The monoisotopic (exact) mass is 243 g/mol. The molecule has 1 unspecified atom stereocenters. The summed E-state index contributed by atoms with van der Waals surface area (Å²) in [4.78, 5) is 18.2. The van der Waals surface area contributed by atoms with Crippen LogP contribution in [0.4, 0.5) is 0 Å². The Balaban J connectivity index is 2.11. The Morgan fingerprint density at radius 2 is 2.44 bits per heavy atom. The van der Waals surface area contributed by atoms with Crippen molar-refractivity contribution < 1.29 is 4.79 Å². The van der Waals surface area contributed by atoms with E-state index in [4.69, 9.17) is 5.73 Å². The first-order valence-corrected chi connectivity index (χ1v) is 6.18. The number of carbonyl (C=O) groups excluding carboxylic acids is 1. The minimum absolute atomic E-state index is 0.0123. The molecule has 1 aliphatic rings. The molecular weight excluding hydrogens is 226 g/mol. The Hall–Kier alpha value is -1.86. The van der Waals surface area contributed by atoms with Crippen LogP contribution in [0.25, 0.3) is 0 Å². The van der Waals surface area contributed by atoms with Gasteiger partial charge in [-0.3, -0.25) is 4.79 Å². The van der Waals surface area contributed by atoms with Gasteiger partial charge in [-0.1, -0.05) is 11.8 Å². The molecule has 0 aromatic carbocycles. The van der Waals surface area contributed by atoms with Crippen LogP contribution in [-0.4, -0.2) is 34.9 Å². The van der Waals surface area contributed by atoms with E-state index in [1.54, 1.807) is 12.3 Å². The van der Waals surface area contributed by atoms with E-state index in [1.165, 1.54) is 0 Å². The van der Waals surface area contributed by atoms with E-state index in [9.17, 15) is 4.79 Å². The number of aromatic nitrogens is 1. The van der Waals surface area contributed by atoms with Crippen LogP contribution >= 0.6 is 0 Å². The maximum atomic E-state index is 12.2. The average molecular weight is 243 g/mol. The molecule has 1 fully saturated rings. The molecule has 18 heavy (non-hydrogen) atoms. The van der Waals surface area contributed by atoms with E-state index in [2.05, 4.69) is 23.7 Å². The molecule has 94 valence electrons. The molecule has 0 bridgehead atoms. The smallest absolute Gasteiger partial charge is 0.272 e. The third-order valence-electron chi connectivity index (χ3n) is 3.13. The molecule has 1 amide bonds.